The average molecular weight is 390 g/mol. The number of ketones is 1. The molecule has 6 nitrogen and oxygen atoms in total. The highest BCUT2D eigenvalue weighted by atomic mass is 32.2. The molecule has 1 amide bonds. The van der Waals surface area contributed by atoms with Crippen LogP contribution in [0.1, 0.15) is 29.6 Å². The van der Waals surface area contributed by atoms with Gasteiger partial charge >= 0.3 is 0 Å². The van der Waals surface area contributed by atoms with Gasteiger partial charge in [-0.3, -0.25) is 13.9 Å². The van der Waals surface area contributed by atoms with Crippen LogP contribution in [0.15, 0.2) is 48.5 Å². The Bertz CT molecular complexity index is 975. The van der Waals surface area contributed by atoms with Gasteiger partial charge in [-0.25, -0.2) is 12.8 Å². The Labute approximate surface area is 157 Å². The van der Waals surface area contributed by atoms with E-state index in [4.69, 9.17) is 0 Å². The van der Waals surface area contributed by atoms with Crippen molar-refractivity contribution in [1.82, 2.24) is 0 Å². The third-order valence-corrected chi connectivity index (χ3v) is 6.14. The van der Waals surface area contributed by atoms with Gasteiger partial charge in [-0.15, -0.1) is 0 Å². The molecule has 1 fully saturated rings. The van der Waals surface area contributed by atoms with Gasteiger partial charge < -0.3 is 5.32 Å². The zero-order chi connectivity index (χ0) is 19.4. The van der Waals surface area contributed by atoms with E-state index in [2.05, 4.69) is 5.32 Å². The summed E-state index contributed by atoms with van der Waals surface area (Å²) < 4.78 is 38.9. The van der Waals surface area contributed by atoms with Crippen LogP contribution >= 0.6 is 0 Å². The summed E-state index contributed by atoms with van der Waals surface area (Å²) in [5.41, 5.74) is 0.900. The van der Waals surface area contributed by atoms with Crippen LogP contribution in [0.3, 0.4) is 0 Å². The third kappa shape index (κ3) is 4.51. The molecule has 2 aromatic carbocycles. The molecule has 0 saturated carbocycles. The summed E-state index contributed by atoms with van der Waals surface area (Å²) >= 11 is 0. The summed E-state index contributed by atoms with van der Waals surface area (Å²) in [6.45, 7) is 0.414. The predicted molar refractivity (Wildman–Crippen MR) is 101 cm³/mol. The molecule has 0 spiro atoms. The van der Waals surface area contributed by atoms with Crippen molar-refractivity contribution in [2.75, 3.05) is 21.9 Å². The number of anilines is 2. The Kier molecular flexibility index (Phi) is 5.55. The third-order valence-electron chi connectivity index (χ3n) is 4.27. The van der Waals surface area contributed by atoms with Gasteiger partial charge in [0.2, 0.25) is 15.9 Å². The minimum Gasteiger partial charge on any atom is -0.326 e. The maximum absolute atomic E-state index is 13.6. The second kappa shape index (κ2) is 7.87. The number of nitrogens with zero attached hydrogens (tertiary/aromatic N) is 1. The number of hydrogen-bond donors (Lipinski definition) is 1. The smallest absolute Gasteiger partial charge is 0.235 e. The molecule has 0 aromatic heterocycles. The highest BCUT2D eigenvalue weighted by Gasteiger charge is 2.28. The van der Waals surface area contributed by atoms with E-state index in [0.29, 0.717) is 24.3 Å². The molecule has 8 heteroatoms. The van der Waals surface area contributed by atoms with Gasteiger partial charge in [0.15, 0.2) is 5.78 Å². The van der Waals surface area contributed by atoms with E-state index in [-0.39, 0.29) is 24.2 Å². The standard InChI is InChI=1S/C19H19FN2O4S/c20-17-8-2-1-7-16(17)18(23)9-10-19(24)21-14-5-3-6-15(13-14)22-11-4-12-27(22,25)26/h1-3,5-8,13H,4,9-12H2,(H,21,24). The topological polar surface area (TPSA) is 83.6 Å². The largest absolute Gasteiger partial charge is 0.326 e. The fourth-order valence-corrected chi connectivity index (χ4v) is 4.50. The van der Waals surface area contributed by atoms with E-state index in [1.165, 1.54) is 22.5 Å². The van der Waals surface area contributed by atoms with Crippen LogP contribution < -0.4 is 9.62 Å². The number of sulfonamides is 1. The van der Waals surface area contributed by atoms with E-state index in [1.54, 1.807) is 30.3 Å². The van der Waals surface area contributed by atoms with Gasteiger partial charge in [-0.05, 0) is 36.8 Å². The van der Waals surface area contributed by atoms with E-state index in [1.807, 2.05) is 0 Å². The predicted octanol–water partition coefficient (Wildman–Crippen LogP) is 2.97. The summed E-state index contributed by atoms with van der Waals surface area (Å²) in [6.07, 6.45) is 0.351. The van der Waals surface area contributed by atoms with Crippen molar-refractivity contribution in [3.8, 4) is 0 Å². The van der Waals surface area contributed by atoms with Gasteiger partial charge in [0.25, 0.3) is 0 Å². The number of carbonyl (C=O) groups excluding carboxylic acids is 2. The SMILES string of the molecule is O=C(CCC(=O)c1ccccc1F)Nc1cccc(N2CCCS2(=O)=O)c1. The molecule has 0 radical (unpaired) electrons. The van der Waals surface area contributed by atoms with Crippen molar-refractivity contribution in [3.63, 3.8) is 0 Å². The van der Waals surface area contributed by atoms with Crippen molar-refractivity contribution in [1.29, 1.82) is 0 Å². The average Bonchev–Trinajstić information content (AvgIpc) is 2.99. The monoisotopic (exact) mass is 390 g/mol. The lowest BCUT2D eigenvalue weighted by Gasteiger charge is -2.17. The summed E-state index contributed by atoms with van der Waals surface area (Å²) in [7, 11) is -3.30. The molecule has 1 aliphatic rings. The van der Waals surface area contributed by atoms with E-state index < -0.39 is 27.5 Å². The number of halogens is 1. The van der Waals surface area contributed by atoms with Crippen molar-refractivity contribution < 1.29 is 22.4 Å². The lowest BCUT2D eigenvalue weighted by molar-refractivity contribution is -0.116. The van der Waals surface area contributed by atoms with Crippen molar-refractivity contribution in [3.05, 3.63) is 59.9 Å². The van der Waals surface area contributed by atoms with Crippen LogP contribution in [0, 0.1) is 5.82 Å². The summed E-state index contributed by atoms with van der Waals surface area (Å²) in [5, 5.41) is 2.65. The Balaban J connectivity index is 1.61. The maximum atomic E-state index is 13.6. The van der Waals surface area contributed by atoms with Crippen molar-refractivity contribution >= 4 is 33.1 Å². The fourth-order valence-electron chi connectivity index (χ4n) is 2.94. The number of hydrogen-bond acceptors (Lipinski definition) is 4. The molecule has 142 valence electrons. The quantitative estimate of drug-likeness (QED) is 0.769. The second-order valence-electron chi connectivity index (χ2n) is 6.24. The first-order valence-electron chi connectivity index (χ1n) is 8.55. The molecule has 0 aliphatic carbocycles. The van der Waals surface area contributed by atoms with Crippen LogP contribution in [0.4, 0.5) is 15.8 Å². The minimum atomic E-state index is -3.30. The van der Waals surface area contributed by atoms with Crippen molar-refractivity contribution in [2.24, 2.45) is 0 Å². The number of benzene rings is 2. The molecule has 1 heterocycles. The van der Waals surface area contributed by atoms with E-state index in [0.717, 1.165) is 0 Å². The molecular weight excluding hydrogens is 371 g/mol. The molecule has 0 atom stereocenters. The van der Waals surface area contributed by atoms with Gasteiger partial charge in [0.1, 0.15) is 5.82 Å². The maximum Gasteiger partial charge on any atom is 0.235 e. The fraction of sp³-hybridized carbons (Fsp3) is 0.263. The minimum absolute atomic E-state index is 0.0356. The van der Waals surface area contributed by atoms with Crippen LogP contribution in [-0.4, -0.2) is 32.4 Å². The molecule has 27 heavy (non-hydrogen) atoms. The van der Waals surface area contributed by atoms with Crippen LogP contribution in [0.25, 0.3) is 0 Å². The zero-order valence-electron chi connectivity index (χ0n) is 14.5. The lowest BCUT2D eigenvalue weighted by Crippen LogP contribution is -2.25. The first kappa shape index (κ1) is 19.0. The summed E-state index contributed by atoms with van der Waals surface area (Å²) in [6, 6.07) is 12.2. The molecule has 3 rings (SSSR count). The summed E-state index contributed by atoms with van der Waals surface area (Å²) in [5.74, 6) is -1.34. The first-order chi connectivity index (χ1) is 12.9. The molecule has 1 N–H and O–H groups in total. The van der Waals surface area contributed by atoms with Gasteiger partial charge in [0.05, 0.1) is 17.0 Å². The van der Waals surface area contributed by atoms with E-state index in [9.17, 15) is 22.4 Å². The number of nitrogens with one attached hydrogen (secondary N) is 1. The van der Waals surface area contributed by atoms with E-state index >= 15 is 0 Å². The van der Waals surface area contributed by atoms with Crippen molar-refractivity contribution in [2.45, 2.75) is 19.3 Å². The first-order valence-corrected chi connectivity index (χ1v) is 10.2. The molecule has 1 saturated heterocycles. The van der Waals surface area contributed by atoms with Gasteiger partial charge in [0, 0.05) is 25.1 Å². The number of rotatable bonds is 6. The van der Waals surface area contributed by atoms with Crippen LogP contribution in [0.2, 0.25) is 0 Å². The Morgan fingerprint density at radius 1 is 1.07 bits per heavy atom. The number of Topliss-reactive ketones (excluding diaryl/α,β-unsaturated/α-hetero) is 1. The van der Waals surface area contributed by atoms with Gasteiger partial charge in [-0.1, -0.05) is 18.2 Å². The highest BCUT2D eigenvalue weighted by Crippen LogP contribution is 2.26. The Morgan fingerprint density at radius 3 is 2.56 bits per heavy atom. The molecule has 0 unspecified atom stereocenters. The highest BCUT2D eigenvalue weighted by molar-refractivity contribution is 7.93. The normalized spacial score (nSPS) is 15.5. The molecular formula is C19H19FN2O4S. The Morgan fingerprint density at radius 2 is 1.85 bits per heavy atom. The molecule has 2 aromatic rings. The van der Waals surface area contributed by atoms with Gasteiger partial charge in [-0.2, -0.15) is 0 Å². The van der Waals surface area contributed by atoms with Crippen LogP contribution in [0.5, 0.6) is 0 Å². The number of carbonyl (C=O) groups is 2. The second-order valence-corrected chi connectivity index (χ2v) is 8.26. The number of amides is 1. The Hall–Kier alpha value is -2.74. The molecule has 0 bridgehead atoms. The zero-order valence-corrected chi connectivity index (χ0v) is 15.3. The lowest BCUT2D eigenvalue weighted by atomic mass is 10.1. The van der Waals surface area contributed by atoms with Crippen LogP contribution in [-0.2, 0) is 14.8 Å². The molecule has 1 aliphatic heterocycles. The summed E-state index contributed by atoms with van der Waals surface area (Å²) in [4.78, 5) is 24.1.